The Morgan fingerprint density at radius 2 is 1.81 bits per heavy atom. The van der Waals surface area contributed by atoms with Crippen LogP contribution in [0.2, 0.25) is 0 Å². The number of aliphatic hydroxyl groups excluding tert-OH is 1. The molecule has 292 valence electrons. The lowest BCUT2D eigenvalue weighted by molar-refractivity contribution is -0.163. The Balaban J connectivity index is 1.56. The van der Waals surface area contributed by atoms with Crippen LogP contribution < -0.4 is 5.32 Å². The number of benzene rings is 2. The van der Waals surface area contributed by atoms with E-state index in [1.165, 1.54) is 12.0 Å². The summed E-state index contributed by atoms with van der Waals surface area (Å²) in [7, 11) is 1.50. The molecule has 12 heteroatoms. The molecule has 3 amide bonds. The average molecular weight is 809 g/mol. The van der Waals surface area contributed by atoms with Gasteiger partial charge in [-0.25, -0.2) is 0 Å². The lowest BCUT2D eigenvalue weighted by Crippen LogP contribution is -2.60. The van der Waals surface area contributed by atoms with Gasteiger partial charge in [0.25, 0.3) is 0 Å². The van der Waals surface area contributed by atoms with E-state index in [-0.39, 0.29) is 48.7 Å². The molecular formula is C42H54BrN3O8. The first-order valence-electron chi connectivity index (χ1n) is 18.9. The molecule has 2 unspecified atom stereocenters. The van der Waals surface area contributed by atoms with Crippen LogP contribution in [-0.2, 0) is 39.8 Å². The van der Waals surface area contributed by atoms with Crippen molar-refractivity contribution in [3.05, 3.63) is 97.1 Å². The van der Waals surface area contributed by atoms with E-state index in [2.05, 4.69) is 41.3 Å². The summed E-state index contributed by atoms with van der Waals surface area (Å²) in [6.45, 7) is 11.5. The molecule has 0 saturated carbocycles. The number of nitrogens with zero attached hydrogens (tertiary/aromatic N) is 2. The summed E-state index contributed by atoms with van der Waals surface area (Å²) in [5, 5.41) is 13.9. The maximum atomic E-state index is 15.0. The van der Waals surface area contributed by atoms with Crippen LogP contribution in [0.15, 0.2) is 86.0 Å². The molecule has 3 heterocycles. The number of fused-ring (bicyclic) bond motifs is 1. The third-order valence-electron chi connectivity index (χ3n) is 11.0. The fourth-order valence-electron chi connectivity index (χ4n) is 8.63. The first-order chi connectivity index (χ1) is 26.1. The molecule has 10 atom stereocenters. The molecule has 3 saturated heterocycles. The fraction of sp³-hybridized carbons (Fsp3) is 0.524. The standard InChI is InChI=1S/C42H54BrN3O8/c1-6-9-21-33(48)44-32(26-52-5)36(29-19-14-11-15-20-29)53-41(51)34-35-39(49)46(30(25-47)23-28-17-12-10-13-18-28)38(42(35)24-31(43)37(34)54-42)40(50)45(22-8-3)27(4)16-7-2/h6,8,10-15,17-20,27,30-32,34-38,47H,1,3,7,9,16,21-26H2,2,4-5H3,(H,44,48)/t27?,30-,31?,32-,34-,35+,36-,37-,38-,42+/m1/s1. The first kappa shape index (κ1) is 41.3. The maximum absolute atomic E-state index is 15.0. The number of esters is 1. The van der Waals surface area contributed by atoms with Crippen LogP contribution >= 0.6 is 15.9 Å². The Morgan fingerprint density at radius 3 is 2.43 bits per heavy atom. The number of halogens is 1. The van der Waals surface area contributed by atoms with E-state index in [1.54, 1.807) is 29.2 Å². The highest BCUT2D eigenvalue weighted by Crippen LogP contribution is 2.61. The minimum absolute atomic E-state index is 0.0434. The Kier molecular flexibility index (Phi) is 14.3. The highest BCUT2D eigenvalue weighted by molar-refractivity contribution is 9.09. The van der Waals surface area contributed by atoms with Gasteiger partial charge in [0, 0.05) is 30.9 Å². The van der Waals surface area contributed by atoms with Gasteiger partial charge in [0.05, 0.1) is 43.2 Å². The molecule has 2 aromatic carbocycles. The molecule has 3 fully saturated rings. The average Bonchev–Trinajstić information content (AvgIpc) is 3.77. The van der Waals surface area contributed by atoms with Crippen LogP contribution in [0, 0.1) is 11.8 Å². The van der Waals surface area contributed by atoms with E-state index in [4.69, 9.17) is 14.2 Å². The van der Waals surface area contributed by atoms with Gasteiger partial charge in [-0.05, 0) is 43.7 Å². The second-order valence-corrected chi connectivity index (χ2v) is 15.8. The molecular weight excluding hydrogens is 754 g/mol. The number of aliphatic hydroxyl groups is 1. The Labute approximate surface area is 327 Å². The monoisotopic (exact) mass is 807 g/mol. The number of hydrogen-bond donors (Lipinski definition) is 2. The van der Waals surface area contributed by atoms with Crippen molar-refractivity contribution in [3.63, 3.8) is 0 Å². The van der Waals surface area contributed by atoms with Gasteiger partial charge in [0.15, 0.2) is 0 Å². The first-order valence-corrected chi connectivity index (χ1v) is 19.8. The number of carbonyl (C=O) groups excluding carboxylic acids is 4. The molecule has 0 aliphatic carbocycles. The maximum Gasteiger partial charge on any atom is 0.313 e. The zero-order valence-electron chi connectivity index (χ0n) is 31.5. The summed E-state index contributed by atoms with van der Waals surface area (Å²) in [5.74, 6) is -3.82. The number of methoxy groups -OCH3 is 1. The number of carbonyl (C=O) groups is 4. The topological polar surface area (TPSA) is 135 Å². The minimum Gasteiger partial charge on any atom is -0.455 e. The Hall–Kier alpha value is -3.84. The van der Waals surface area contributed by atoms with E-state index < -0.39 is 66.3 Å². The number of allylic oxidation sites excluding steroid dienone is 1. The van der Waals surface area contributed by atoms with Crippen molar-refractivity contribution < 1.29 is 38.5 Å². The number of likely N-dealkylation sites (tertiary alicyclic amines) is 1. The van der Waals surface area contributed by atoms with E-state index in [0.29, 0.717) is 18.4 Å². The second kappa shape index (κ2) is 18.7. The Morgan fingerprint density at radius 1 is 1.13 bits per heavy atom. The molecule has 3 aliphatic rings. The second-order valence-electron chi connectivity index (χ2n) is 14.6. The molecule has 1 spiro atoms. The number of amides is 3. The zero-order chi connectivity index (χ0) is 39.0. The van der Waals surface area contributed by atoms with Crippen LogP contribution in [0.4, 0.5) is 0 Å². The predicted molar refractivity (Wildman–Crippen MR) is 208 cm³/mol. The number of alkyl halides is 1. The zero-order valence-corrected chi connectivity index (χ0v) is 33.1. The quantitative estimate of drug-likeness (QED) is 0.109. The summed E-state index contributed by atoms with van der Waals surface area (Å²) in [5.41, 5.74) is 0.142. The van der Waals surface area contributed by atoms with Crippen molar-refractivity contribution in [2.75, 3.05) is 26.9 Å². The lowest BCUT2D eigenvalue weighted by atomic mass is 9.70. The highest BCUT2D eigenvalue weighted by atomic mass is 79.9. The third-order valence-corrected chi connectivity index (χ3v) is 11.8. The molecule has 2 N–H and O–H groups in total. The van der Waals surface area contributed by atoms with E-state index in [0.717, 1.165) is 18.4 Å². The summed E-state index contributed by atoms with van der Waals surface area (Å²) in [6.07, 6.45) is 4.41. The highest BCUT2D eigenvalue weighted by Gasteiger charge is 2.77. The van der Waals surface area contributed by atoms with Gasteiger partial charge in [0.1, 0.15) is 17.7 Å². The van der Waals surface area contributed by atoms with Gasteiger partial charge in [-0.1, -0.05) is 102 Å². The lowest BCUT2D eigenvalue weighted by Gasteiger charge is -2.41. The minimum atomic E-state index is -1.38. The van der Waals surface area contributed by atoms with Gasteiger partial charge in [-0.2, -0.15) is 0 Å². The van der Waals surface area contributed by atoms with Crippen molar-refractivity contribution in [2.24, 2.45) is 11.8 Å². The molecule has 0 radical (unpaired) electrons. The van der Waals surface area contributed by atoms with E-state index in [9.17, 15) is 14.7 Å². The molecule has 3 aliphatic heterocycles. The molecule has 0 aromatic heterocycles. The summed E-state index contributed by atoms with van der Waals surface area (Å²) in [6, 6.07) is 15.8. The third kappa shape index (κ3) is 8.36. The van der Waals surface area contributed by atoms with Gasteiger partial charge in [-0.15, -0.1) is 13.2 Å². The smallest absolute Gasteiger partial charge is 0.313 e. The van der Waals surface area contributed by atoms with Gasteiger partial charge in [0.2, 0.25) is 17.7 Å². The summed E-state index contributed by atoms with van der Waals surface area (Å²) < 4.78 is 18.7. The number of ether oxygens (including phenoxy) is 3. The van der Waals surface area contributed by atoms with Crippen molar-refractivity contribution in [3.8, 4) is 0 Å². The largest absolute Gasteiger partial charge is 0.455 e. The Bertz CT molecular complexity index is 1630. The van der Waals surface area contributed by atoms with Crippen molar-refractivity contribution in [2.45, 2.75) is 99.2 Å². The summed E-state index contributed by atoms with van der Waals surface area (Å²) >= 11 is 3.76. The van der Waals surface area contributed by atoms with Crippen molar-refractivity contribution in [1.29, 1.82) is 0 Å². The number of hydrogen-bond acceptors (Lipinski definition) is 8. The van der Waals surface area contributed by atoms with Crippen LogP contribution in [0.5, 0.6) is 0 Å². The van der Waals surface area contributed by atoms with Gasteiger partial charge >= 0.3 is 5.97 Å². The van der Waals surface area contributed by atoms with E-state index in [1.807, 2.05) is 55.5 Å². The van der Waals surface area contributed by atoms with Crippen molar-refractivity contribution in [1.82, 2.24) is 15.1 Å². The van der Waals surface area contributed by atoms with E-state index >= 15 is 9.59 Å². The molecule has 54 heavy (non-hydrogen) atoms. The molecule has 5 rings (SSSR count). The van der Waals surface area contributed by atoms with Crippen LogP contribution in [0.3, 0.4) is 0 Å². The summed E-state index contributed by atoms with van der Waals surface area (Å²) in [4.78, 5) is 60.6. The van der Waals surface area contributed by atoms with Gasteiger partial charge < -0.3 is 34.4 Å². The van der Waals surface area contributed by atoms with Crippen molar-refractivity contribution >= 4 is 39.6 Å². The number of rotatable bonds is 20. The van der Waals surface area contributed by atoms with Gasteiger partial charge in [-0.3, -0.25) is 19.2 Å². The SMILES string of the molecule is C=CCCC(=O)N[C@H](COC)[C@H](OC(=O)[C@H]1[C@@H]2O[C@@]3(CC2Br)[C@@H]1C(=O)N([C@@H](CO)Cc1ccccc1)[C@@H]3C(=O)N(CC=C)C(C)CCC)c1ccccc1. The van der Waals surface area contributed by atoms with Crippen LogP contribution in [-0.4, -0.2) is 106 Å². The molecule has 2 bridgehead atoms. The van der Waals surface area contributed by atoms with Crippen LogP contribution in [0.25, 0.3) is 0 Å². The number of nitrogens with one attached hydrogen (secondary N) is 1. The molecule has 2 aromatic rings. The normalized spacial score (nSPS) is 26.4. The molecule has 11 nitrogen and oxygen atoms in total. The fourth-order valence-corrected chi connectivity index (χ4v) is 9.57. The van der Waals surface area contributed by atoms with Crippen LogP contribution in [0.1, 0.15) is 63.2 Å². The predicted octanol–water partition coefficient (Wildman–Crippen LogP) is 4.92.